The molecule has 1 aromatic rings. The van der Waals surface area contributed by atoms with Crippen molar-refractivity contribution in [2.24, 2.45) is 4.99 Å². The molecule has 1 N–H and O–H groups in total. The summed E-state index contributed by atoms with van der Waals surface area (Å²) >= 11 is 6.08. The van der Waals surface area contributed by atoms with Crippen LogP contribution in [0.25, 0.3) is 0 Å². The number of nitrogens with zero attached hydrogens (tertiary/aromatic N) is 4. The summed E-state index contributed by atoms with van der Waals surface area (Å²) in [5.41, 5.74) is 1.29. The van der Waals surface area contributed by atoms with Gasteiger partial charge in [-0.05, 0) is 37.2 Å². The van der Waals surface area contributed by atoms with Crippen LogP contribution in [0.5, 0.6) is 0 Å². The second-order valence-electron chi connectivity index (χ2n) is 6.56. The van der Waals surface area contributed by atoms with Crippen LogP contribution in [0, 0.1) is 0 Å². The molecular formula is C18H29ClIN5. The van der Waals surface area contributed by atoms with Crippen LogP contribution in [0.1, 0.15) is 12.0 Å². The van der Waals surface area contributed by atoms with E-state index in [4.69, 9.17) is 11.6 Å². The molecule has 0 bridgehead atoms. The molecule has 7 heteroatoms. The number of likely N-dealkylation sites (tertiary alicyclic amines) is 1. The fourth-order valence-corrected chi connectivity index (χ4v) is 3.49. The number of benzene rings is 1. The SMILES string of the molecule is CN=C(NCCN1CCC1)N1CCN(Cc2cccc(Cl)c2)CC1.I. The van der Waals surface area contributed by atoms with Crippen molar-refractivity contribution in [1.29, 1.82) is 0 Å². The first-order valence-corrected chi connectivity index (χ1v) is 9.27. The number of nitrogens with one attached hydrogen (secondary N) is 1. The second-order valence-corrected chi connectivity index (χ2v) is 7.00. The van der Waals surface area contributed by atoms with E-state index in [-0.39, 0.29) is 24.0 Å². The van der Waals surface area contributed by atoms with E-state index in [1.54, 1.807) is 0 Å². The van der Waals surface area contributed by atoms with Gasteiger partial charge in [0, 0.05) is 57.9 Å². The van der Waals surface area contributed by atoms with Crippen LogP contribution in [0.15, 0.2) is 29.3 Å². The fraction of sp³-hybridized carbons (Fsp3) is 0.611. The van der Waals surface area contributed by atoms with Gasteiger partial charge in [0.1, 0.15) is 0 Å². The van der Waals surface area contributed by atoms with Crippen molar-refractivity contribution in [2.45, 2.75) is 13.0 Å². The molecular weight excluding hydrogens is 449 g/mol. The predicted octanol–water partition coefficient (Wildman–Crippen LogP) is 2.36. The monoisotopic (exact) mass is 477 g/mol. The van der Waals surface area contributed by atoms with Crippen molar-refractivity contribution >= 4 is 41.5 Å². The molecule has 0 unspecified atom stereocenters. The molecule has 0 atom stereocenters. The third kappa shape index (κ3) is 6.27. The number of piperazine rings is 1. The summed E-state index contributed by atoms with van der Waals surface area (Å²) in [5.74, 6) is 1.04. The summed E-state index contributed by atoms with van der Waals surface area (Å²) in [7, 11) is 1.88. The largest absolute Gasteiger partial charge is 0.355 e. The molecule has 1 aromatic carbocycles. The molecule has 2 saturated heterocycles. The lowest BCUT2D eigenvalue weighted by Crippen LogP contribution is -2.53. The summed E-state index contributed by atoms with van der Waals surface area (Å²) in [5, 5.41) is 4.33. The van der Waals surface area contributed by atoms with Gasteiger partial charge in [0.2, 0.25) is 0 Å². The van der Waals surface area contributed by atoms with E-state index in [1.165, 1.54) is 25.1 Å². The highest BCUT2D eigenvalue weighted by Gasteiger charge is 2.20. The number of halogens is 2. The van der Waals surface area contributed by atoms with E-state index in [2.05, 4.69) is 37.1 Å². The fourth-order valence-electron chi connectivity index (χ4n) is 3.27. The molecule has 2 aliphatic heterocycles. The molecule has 0 aliphatic carbocycles. The lowest BCUT2D eigenvalue weighted by Gasteiger charge is -2.37. The van der Waals surface area contributed by atoms with Gasteiger partial charge in [0.15, 0.2) is 5.96 Å². The first kappa shape index (κ1) is 20.7. The maximum atomic E-state index is 6.08. The Kier molecular flexibility index (Phi) is 8.75. The van der Waals surface area contributed by atoms with E-state index in [0.29, 0.717) is 0 Å². The van der Waals surface area contributed by atoms with Gasteiger partial charge in [-0.2, -0.15) is 0 Å². The average molecular weight is 478 g/mol. The Bertz CT molecular complexity index is 556. The first-order valence-electron chi connectivity index (χ1n) is 8.89. The molecule has 0 amide bonds. The van der Waals surface area contributed by atoms with Gasteiger partial charge in [-0.1, -0.05) is 23.7 Å². The second kappa shape index (κ2) is 10.5. The zero-order chi connectivity index (χ0) is 16.8. The lowest BCUT2D eigenvalue weighted by atomic mass is 10.2. The Morgan fingerprint density at radius 2 is 1.88 bits per heavy atom. The Morgan fingerprint density at radius 3 is 2.48 bits per heavy atom. The van der Waals surface area contributed by atoms with Crippen LogP contribution in [0.4, 0.5) is 0 Å². The van der Waals surface area contributed by atoms with Crippen LogP contribution < -0.4 is 5.32 Å². The minimum absolute atomic E-state index is 0. The van der Waals surface area contributed by atoms with Crippen molar-refractivity contribution < 1.29 is 0 Å². The highest BCUT2D eigenvalue weighted by Crippen LogP contribution is 2.14. The number of aliphatic imine (C=N–C) groups is 1. The molecule has 2 aliphatic rings. The van der Waals surface area contributed by atoms with Crippen LogP contribution in [0.3, 0.4) is 0 Å². The number of hydrogen-bond acceptors (Lipinski definition) is 3. The number of guanidine groups is 1. The van der Waals surface area contributed by atoms with Crippen LogP contribution >= 0.6 is 35.6 Å². The summed E-state index contributed by atoms with van der Waals surface area (Å²) in [6.07, 6.45) is 1.35. The van der Waals surface area contributed by atoms with E-state index < -0.39 is 0 Å². The highest BCUT2D eigenvalue weighted by atomic mass is 127. The standard InChI is InChI=1S/C18H28ClN5.HI/c1-20-18(21-6-9-22-7-3-8-22)24-12-10-23(11-13-24)15-16-4-2-5-17(19)14-16;/h2,4-5,14H,3,6-13,15H2,1H3,(H,20,21);1H. The summed E-state index contributed by atoms with van der Waals surface area (Å²) in [4.78, 5) is 11.8. The molecule has 140 valence electrons. The van der Waals surface area contributed by atoms with Crippen molar-refractivity contribution in [1.82, 2.24) is 20.0 Å². The van der Waals surface area contributed by atoms with Crippen LogP contribution in [-0.2, 0) is 6.54 Å². The van der Waals surface area contributed by atoms with E-state index in [0.717, 1.165) is 56.8 Å². The predicted molar refractivity (Wildman–Crippen MR) is 116 cm³/mol. The maximum Gasteiger partial charge on any atom is 0.193 e. The number of hydrogen-bond donors (Lipinski definition) is 1. The Morgan fingerprint density at radius 1 is 1.12 bits per heavy atom. The van der Waals surface area contributed by atoms with Gasteiger partial charge in [-0.3, -0.25) is 9.89 Å². The van der Waals surface area contributed by atoms with Gasteiger partial charge in [-0.15, -0.1) is 24.0 Å². The Labute approximate surface area is 173 Å². The van der Waals surface area contributed by atoms with E-state index in [1.807, 2.05) is 19.2 Å². The minimum atomic E-state index is 0. The smallest absolute Gasteiger partial charge is 0.193 e. The molecule has 3 rings (SSSR count). The lowest BCUT2D eigenvalue weighted by molar-refractivity contribution is 0.169. The van der Waals surface area contributed by atoms with Gasteiger partial charge in [0.05, 0.1) is 0 Å². The molecule has 0 aromatic heterocycles. The van der Waals surface area contributed by atoms with Crippen molar-refractivity contribution in [2.75, 3.05) is 59.4 Å². The number of rotatable bonds is 5. The summed E-state index contributed by atoms with van der Waals surface area (Å²) < 4.78 is 0. The van der Waals surface area contributed by atoms with Gasteiger partial charge >= 0.3 is 0 Å². The topological polar surface area (TPSA) is 34.1 Å². The Balaban J connectivity index is 0.00000225. The molecule has 25 heavy (non-hydrogen) atoms. The molecule has 0 radical (unpaired) electrons. The average Bonchev–Trinajstić information content (AvgIpc) is 2.54. The molecule has 2 fully saturated rings. The van der Waals surface area contributed by atoms with E-state index in [9.17, 15) is 0 Å². The molecule has 5 nitrogen and oxygen atoms in total. The third-order valence-electron chi connectivity index (χ3n) is 4.84. The zero-order valence-electron chi connectivity index (χ0n) is 15.0. The summed E-state index contributed by atoms with van der Waals surface area (Å²) in [6.45, 7) is 9.72. The van der Waals surface area contributed by atoms with E-state index >= 15 is 0 Å². The summed E-state index contributed by atoms with van der Waals surface area (Å²) in [6, 6.07) is 8.16. The zero-order valence-corrected chi connectivity index (χ0v) is 18.0. The van der Waals surface area contributed by atoms with Gasteiger partial charge < -0.3 is 15.1 Å². The molecule has 2 heterocycles. The maximum absolute atomic E-state index is 6.08. The first-order chi connectivity index (χ1) is 11.7. The quantitative estimate of drug-likeness (QED) is 0.401. The third-order valence-corrected chi connectivity index (χ3v) is 5.07. The Hall–Kier alpha value is -0.570. The minimum Gasteiger partial charge on any atom is -0.355 e. The highest BCUT2D eigenvalue weighted by molar-refractivity contribution is 14.0. The van der Waals surface area contributed by atoms with Crippen molar-refractivity contribution in [3.8, 4) is 0 Å². The molecule has 0 saturated carbocycles. The van der Waals surface area contributed by atoms with Gasteiger partial charge in [0.25, 0.3) is 0 Å². The van der Waals surface area contributed by atoms with Crippen molar-refractivity contribution in [3.63, 3.8) is 0 Å². The van der Waals surface area contributed by atoms with Gasteiger partial charge in [-0.25, -0.2) is 0 Å². The van der Waals surface area contributed by atoms with Crippen molar-refractivity contribution in [3.05, 3.63) is 34.9 Å². The molecule has 0 spiro atoms. The van der Waals surface area contributed by atoms with Crippen LogP contribution in [-0.4, -0.2) is 80.1 Å². The normalized spacial score (nSPS) is 19.3. The van der Waals surface area contributed by atoms with Crippen LogP contribution in [0.2, 0.25) is 5.02 Å².